The molecule has 2 aromatic heterocycles. The smallest absolute Gasteiger partial charge is 0.152 e. The number of benzene rings is 1. The number of carbonyl (C=O) groups is 1. The maximum Gasteiger partial charge on any atom is 0.152 e. The average molecular weight is 310 g/mol. The number of aryl methyl sites for hydroxylation is 1. The first-order chi connectivity index (χ1) is 11.3. The molecule has 0 fully saturated rings. The van der Waals surface area contributed by atoms with E-state index in [1.54, 1.807) is 12.5 Å². The van der Waals surface area contributed by atoms with Gasteiger partial charge in [-0.15, -0.1) is 0 Å². The minimum absolute atomic E-state index is 0.522. The van der Waals surface area contributed by atoms with Crippen LogP contribution in [0.2, 0.25) is 0 Å². The van der Waals surface area contributed by atoms with Gasteiger partial charge in [-0.1, -0.05) is 0 Å². The quantitative estimate of drug-likeness (QED) is 0.640. The van der Waals surface area contributed by atoms with E-state index in [9.17, 15) is 4.79 Å². The van der Waals surface area contributed by atoms with Crippen LogP contribution in [-0.2, 0) is 13.1 Å². The molecule has 5 nitrogen and oxygen atoms in total. The lowest BCUT2D eigenvalue weighted by Crippen LogP contribution is -2.05. The topological polar surface area (TPSA) is 67.4 Å². The molecule has 23 heavy (non-hydrogen) atoms. The lowest BCUT2D eigenvalue weighted by atomic mass is 10.1. The fourth-order valence-corrected chi connectivity index (χ4v) is 2.36. The summed E-state index contributed by atoms with van der Waals surface area (Å²) in [6.07, 6.45) is 4.13. The molecule has 0 spiro atoms. The van der Waals surface area contributed by atoms with Crippen molar-refractivity contribution < 1.29 is 13.6 Å². The van der Waals surface area contributed by atoms with Crippen molar-refractivity contribution in [2.24, 2.45) is 0 Å². The second kappa shape index (κ2) is 6.87. The summed E-state index contributed by atoms with van der Waals surface area (Å²) in [5, 5.41) is 6.57. The van der Waals surface area contributed by atoms with Crippen LogP contribution in [0.3, 0.4) is 0 Å². The average Bonchev–Trinajstić information content (AvgIpc) is 3.25. The molecular weight excluding hydrogens is 292 g/mol. The molecule has 2 N–H and O–H groups in total. The molecule has 0 aliphatic rings. The molecule has 0 atom stereocenters. The summed E-state index contributed by atoms with van der Waals surface area (Å²) < 4.78 is 10.6. The van der Waals surface area contributed by atoms with Crippen LogP contribution >= 0.6 is 0 Å². The van der Waals surface area contributed by atoms with Crippen molar-refractivity contribution in [3.8, 4) is 0 Å². The second-order valence-corrected chi connectivity index (χ2v) is 5.24. The first-order valence-electron chi connectivity index (χ1n) is 7.38. The lowest BCUT2D eigenvalue weighted by Gasteiger charge is -2.14. The molecule has 1 aromatic carbocycles. The van der Waals surface area contributed by atoms with E-state index in [0.717, 1.165) is 34.7 Å². The first-order valence-corrected chi connectivity index (χ1v) is 7.38. The zero-order valence-electron chi connectivity index (χ0n) is 12.8. The Labute approximate surface area is 134 Å². The van der Waals surface area contributed by atoms with Gasteiger partial charge in [-0.25, -0.2) is 0 Å². The molecule has 3 rings (SSSR count). The van der Waals surface area contributed by atoms with Gasteiger partial charge in [-0.2, -0.15) is 0 Å². The summed E-state index contributed by atoms with van der Waals surface area (Å²) in [4.78, 5) is 11.3. The molecule has 0 bridgehead atoms. The van der Waals surface area contributed by atoms with Crippen molar-refractivity contribution in [3.63, 3.8) is 0 Å². The molecule has 118 valence electrons. The van der Waals surface area contributed by atoms with Gasteiger partial charge in [0.2, 0.25) is 0 Å². The molecule has 2 heterocycles. The zero-order chi connectivity index (χ0) is 16.1. The van der Waals surface area contributed by atoms with Crippen molar-refractivity contribution in [1.29, 1.82) is 0 Å². The number of hydrogen-bond acceptors (Lipinski definition) is 5. The van der Waals surface area contributed by atoms with Gasteiger partial charge in [0, 0.05) is 16.9 Å². The van der Waals surface area contributed by atoms with Crippen LogP contribution in [0.25, 0.3) is 0 Å². The highest BCUT2D eigenvalue weighted by Gasteiger charge is 2.08. The highest BCUT2D eigenvalue weighted by molar-refractivity contribution is 5.86. The Kier molecular flexibility index (Phi) is 4.47. The summed E-state index contributed by atoms with van der Waals surface area (Å²) in [6.45, 7) is 3.08. The number of aldehydes is 1. The van der Waals surface area contributed by atoms with Gasteiger partial charge in [0.25, 0.3) is 0 Å². The maximum atomic E-state index is 11.3. The van der Waals surface area contributed by atoms with Crippen LogP contribution in [0.15, 0.2) is 57.8 Å². The highest BCUT2D eigenvalue weighted by atomic mass is 16.3. The highest BCUT2D eigenvalue weighted by Crippen LogP contribution is 2.25. The minimum atomic E-state index is 0.522. The minimum Gasteiger partial charge on any atom is -0.467 e. The van der Waals surface area contributed by atoms with Crippen molar-refractivity contribution >= 4 is 17.7 Å². The van der Waals surface area contributed by atoms with Gasteiger partial charge in [-0.3, -0.25) is 4.79 Å². The molecule has 3 aromatic rings. The van der Waals surface area contributed by atoms with E-state index in [1.807, 2.05) is 43.3 Å². The summed E-state index contributed by atoms with van der Waals surface area (Å²) in [5.41, 5.74) is 3.35. The van der Waals surface area contributed by atoms with Crippen LogP contribution in [0.4, 0.5) is 11.4 Å². The van der Waals surface area contributed by atoms with Gasteiger partial charge in [-0.05, 0) is 48.9 Å². The molecule has 0 saturated heterocycles. The molecule has 0 aliphatic heterocycles. The summed E-state index contributed by atoms with van der Waals surface area (Å²) >= 11 is 0. The summed E-state index contributed by atoms with van der Waals surface area (Å²) in [6, 6.07) is 11.3. The number of carbonyl (C=O) groups excluding carboxylic acids is 1. The molecule has 0 amide bonds. The van der Waals surface area contributed by atoms with Crippen LogP contribution in [0.1, 0.15) is 27.4 Å². The van der Waals surface area contributed by atoms with Crippen molar-refractivity contribution in [2.45, 2.75) is 20.0 Å². The van der Waals surface area contributed by atoms with E-state index in [2.05, 4.69) is 10.6 Å². The number of furan rings is 2. The van der Waals surface area contributed by atoms with E-state index >= 15 is 0 Å². The Morgan fingerprint density at radius 2 is 1.57 bits per heavy atom. The molecular formula is C18H18N2O3. The van der Waals surface area contributed by atoms with Crippen LogP contribution in [-0.4, -0.2) is 6.29 Å². The van der Waals surface area contributed by atoms with Crippen LogP contribution in [0.5, 0.6) is 0 Å². The second-order valence-electron chi connectivity index (χ2n) is 5.24. The fourth-order valence-electron chi connectivity index (χ4n) is 2.36. The Hall–Kier alpha value is -2.95. The van der Waals surface area contributed by atoms with E-state index in [4.69, 9.17) is 8.83 Å². The maximum absolute atomic E-state index is 11.3. The van der Waals surface area contributed by atoms with Gasteiger partial charge < -0.3 is 19.5 Å². The van der Waals surface area contributed by atoms with Gasteiger partial charge >= 0.3 is 0 Å². The van der Waals surface area contributed by atoms with Crippen molar-refractivity contribution in [2.75, 3.05) is 10.6 Å². The standard InChI is InChI=1S/C18H18N2O3/c1-13-8-14(12-21)18(20-11-16-5-3-7-23-16)9-17(13)19-10-15-4-2-6-22-15/h2-9,12,19-20H,10-11H2,1H3. The summed E-state index contributed by atoms with van der Waals surface area (Å²) in [5.74, 6) is 1.67. The Balaban J connectivity index is 1.76. The zero-order valence-corrected chi connectivity index (χ0v) is 12.8. The molecule has 0 aliphatic carbocycles. The SMILES string of the molecule is Cc1cc(C=O)c(NCc2ccco2)cc1NCc1ccco1. The van der Waals surface area contributed by atoms with Crippen LogP contribution in [0, 0.1) is 6.92 Å². The monoisotopic (exact) mass is 310 g/mol. The van der Waals surface area contributed by atoms with Gasteiger partial charge in [0.15, 0.2) is 6.29 Å². The molecule has 5 heteroatoms. The largest absolute Gasteiger partial charge is 0.467 e. The predicted octanol–water partition coefficient (Wildman–Crippen LogP) is 4.22. The third-order valence-corrected chi connectivity index (χ3v) is 3.59. The normalized spacial score (nSPS) is 10.5. The van der Waals surface area contributed by atoms with Crippen molar-refractivity contribution in [3.05, 3.63) is 71.6 Å². The van der Waals surface area contributed by atoms with Gasteiger partial charge in [0.1, 0.15) is 11.5 Å². The molecule has 0 saturated carbocycles. The number of rotatable bonds is 7. The number of anilines is 2. The lowest BCUT2D eigenvalue weighted by molar-refractivity contribution is 0.112. The van der Waals surface area contributed by atoms with E-state index in [0.29, 0.717) is 18.7 Å². The van der Waals surface area contributed by atoms with E-state index in [1.165, 1.54) is 0 Å². The molecule has 0 unspecified atom stereocenters. The Morgan fingerprint density at radius 1 is 0.957 bits per heavy atom. The number of hydrogen-bond donors (Lipinski definition) is 2. The van der Waals surface area contributed by atoms with Crippen molar-refractivity contribution in [1.82, 2.24) is 0 Å². The number of nitrogens with one attached hydrogen (secondary N) is 2. The third-order valence-electron chi connectivity index (χ3n) is 3.59. The summed E-state index contributed by atoms with van der Waals surface area (Å²) in [7, 11) is 0. The van der Waals surface area contributed by atoms with E-state index in [-0.39, 0.29) is 0 Å². The predicted molar refractivity (Wildman–Crippen MR) is 88.6 cm³/mol. The molecule has 0 radical (unpaired) electrons. The third kappa shape index (κ3) is 3.63. The Morgan fingerprint density at radius 3 is 2.09 bits per heavy atom. The first kappa shape index (κ1) is 15.0. The van der Waals surface area contributed by atoms with Gasteiger partial charge in [0.05, 0.1) is 25.6 Å². The Bertz CT molecular complexity index is 762. The van der Waals surface area contributed by atoms with Crippen LogP contribution < -0.4 is 10.6 Å². The fraction of sp³-hybridized carbons (Fsp3) is 0.167. The van der Waals surface area contributed by atoms with E-state index < -0.39 is 0 Å².